The average Bonchev–Trinajstić information content (AvgIpc) is 2.80. The second-order valence-corrected chi connectivity index (χ2v) is 6.00. The highest BCUT2D eigenvalue weighted by molar-refractivity contribution is 6.15. The topological polar surface area (TPSA) is 17.1 Å². The Balaban J connectivity index is 1.86. The first-order valence-corrected chi connectivity index (χ1v) is 7.71. The Kier molecular flexibility index (Phi) is 4.06. The third-order valence-electron chi connectivity index (χ3n) is 4.01. The predicted octanol–water partition coefficient (Wildman–Crippen LogP) is 5.13. The number of Topliss-reactive ketones (excluding diaryl/α,β-unsaturated/α-hetero) is 1. The van der Waals surface area contributed by atoms with Crippen molar-refractivity contribution >= 4 is 17.9 Å². The largest absolute Gasteiger partial charge is 0.289 e. The Morgan fingerprint density at radius 1 is 0.773 bits per heavy atom. The van der Waals surface area contributed by atoms with Crippen molar-refractivity contribution in [3.63, 3.8) is 0 Å². The minimum atomic E-state index is 0.197. The van der Waals surface area contributed by atoms with Gasteiger partial charge in [0.1, 0.15) is 0 Å². The van der Waals surface area contributed by atoms with Crippen molar-refractivity contribution in [1.82, 2.24) is 0 Å². The van der Waals surface area contributed by atoms with E-state index in [1.54, 1.807) is 0 Å². The second-order valence-electron chi connectivity index (χ2n) is 6.00. The van der Waals surface area contributed by atoms with Gasteiger partial charge in [-0.15, -0.1) is 0 Å². The molecule has 0 aromatic heterocycles. The maximum atomic E-state index is 12.5. The fourth-order valence-corrected chi connectivity index (χ4v) is 2.90. The highest BCUT2D eigenvalue weighted by Gasteiger charge is 2.22. The quantitative estimate of drug-likeness (QED) is 0.700. The number of aryl methyl sites for hydroxylation is 2. The van der Waals surface area contributed by atoms with E-state index >= 15 is 0 Å². The summed E-state index contributed by atoms with van der Waals surface area (Å²) in [5, 5.41) is 0. The van der Waals surface area contributed by atoms with Crippen LogP contribution in [0.25, 0.3) is 12.2 Å². The Morgan fingerprint density at radius 2 is 1.23 bits per heavy atom. The van der Waals surface area contributed by atoms with E-state index in [1.807, 2.05) is 24.3 Å². The molecule has 3 rings (SSSR count). The molecule has 1 aliphatic carbocycles. The fraction of sp³-hybridized carbons (Fsp3) is 0.190. The first-order valence-electron chi connectivity index (χ1n) is 7.71. The molecule has 22 heavy (non-hydrogen) atoms. The van der Waals surface area contributed by atoms with Crippen LogP contribution in [0.15, 0.2) is 59.7 Å². The van der Waals surface area contributed by atoms with Gasteiger partial charge >= 0.3 is 0 Å². The molecule has 0 N–H and O–H groups in total. The van der Waals surface area contributed by atoms with Crippen molar-refractivity contribution in [2.24, 2.45) is 0 Å². The number of hydrogen-bond donors (Lipinski definition) is 0. The molecule has 0 bridgehead atoms. The molecule has 1 heteroatoms. The average molecular weight is 288 g/mol. The van der Waals surface area contributed by atoms with Crippen LogP contribution in [0.3, 0.4) is 0 Å². The second kappa shape index (κ2) is 6.15. The molecule has 0 radical (unpaired) electrons. The van der Waals surface area contributed by atoms with Gasteiger partial charge in [0, 0.05) is 11.1 Å². The summed E-state index contributed by atoms with van der Waals surface area (Å²) < 4.78 is 0. The molecule has 1 aliphatic rings. The lowest BCUT2D eigenvalue weighted by Crippen LogP contribution is -1.95. The maximum absolute atomic E-state index is 12.5. The molecule has 1 saturated carbocycles. The van der Waals surface area contributed by atoms with Gasteiger partial charge in [0.05, 0.1) is 0 Å². The third-order valence-corrected chi connectivity index (χ3v) is 4.01. The summed E-state index contributed by atoms with van der Waals surface area (Å²) >= 11 is 0. The molecular weight excluding hydrogens is 268 g/mol. The van der Waals surface area contributed by atoms with Crippen LogP contribution < -0.4 is 0 Å². The van der Waals surface area contributed by atoms with Gasteiger partial charge in [-0.05, 0) is 50.0 Å². The number of carbonyl (C=O) groups excluding carboxylic acids is 1. The summed E-state index contributed by atoms with van der Waals surface area (Å²) in [5.74, 6) is 0.197. The summed E-state index contributed by atoms with van der Waals surface area (Å²) in [7, 11) is 0. The van der Waals surface area contributed by atoms with Crippen LogP contribution in [0.2, 0.25) is 0 Å². The van der Waals surface area contributed by atoms with E-state index < -0.39 is 0 Å². The predicted molar refractivity (Wildman–Crippen MR) is 92.6 cm³/mol. The molecule has 0 heterocycles. The summed E-state index contributed by atoms with van der Waals surface area (Å²) in [6.45, 7) is 4.14. The van der Waals surface area contributed by atoms with E-state index in [9.17, 15) is 4.79 Å². The lowest BCUT2D eigenvalue weighted by molar-refractivity contribution is -0.111. The first-order chi connectivity index (χ1) is 10.6. The highest BCUT2D eigenvalue weighted by atomic mass is 16.1. The zero-order valence-corrected chi connectivity index (χ0v) is 13.1. The molecule has 0 unspecified atom stereocenters. The zero-order chi connectivity index (χ0) is 15.5. The van der Waals surface area contributed by atoms with Crippen LogP contribution in [0.1, 0.15) is 35.1 Å². The van der Waals surface area contributed by atoms with Crippen LogP contribution in [-0.2, 0) is 4.79 Å². The van der Waals surface area contributed by atoms with E-state index in [1.165, 1.54) is 11.1 Å². The van der Waals surface area contributed by atoms with Crippen LogP contribution in [0.5, 0.6) is 0 Å². The number of benzene rings is 2. The van der Waals surface area contributed by atoms with Crippen LogP contribution in [0, 0.1) is 13.8 Å². The molecule has 1 fully saturated rings. The normalized spacial score (nSPS) is 18.4. The van der Waals surface area contributed by atoms with E-state index in [4.69, 9.17) is 0 Å². The molecule has 0 atom stereocenters. The van der Waals surface area contributed by atoms with Gasteiger partial charge in [-0.3, -0.25) is 4.79 Å². The van der Waals surface area contributed by atoms with Crippen molar-refractivity contribution < 1.29 is 4.79 Å². The van der Waals surface area contributed by atoms with Gasteiger partial charge < -0.3 is 0 Å². The van der Waals surface area contributed by atoms with E-state index in [-0.39, 0.29) is 5.78 Å². The van der Waals surface area contributed by atoms with Gasteiger partial charge in [0.25, 0.3) is 0 Å². The van der Waals surface area contributed by atoms with Crippen LogP contribution in [-0.4, -0.2) is 5.78 Å². The Labute approximate surface area is 132 Å². The minimum Gasteiger partial charge on any atom is -0.289 e. The van der Waals surface area contributed by atoms with Gasteiger partial charge in [0.2, 0.25) is 0 Å². The number of hydrogen-bond acceptors (Lipinski definition) is 1. The Bertz CT molecular complexity index is 712. The van der Waals surface area contributed by atoms with Crippen molar-refractivity contribution in [1.29, 1.82) is 0 Å². The number of ketones is 1. The summed E-state index contributed by atoms with van der Waals surface area (Å²) in [4.78, 5) is 12.5. The smallest absolute Gasteiger partial charge is 0.185 e. The molecule has 0 saturated heterocycles. The number of rotatable bonds is 2. The van der Waals surface area contributed by atoms with E-state index in [2.05, 4.69) is 50.2 Å². The molecule has 2 aromatic carbocycles. The SMILES string of the molecule is Cc1cccc(/C=C2/CC/C(=C\c3cccc(C)c3)C2=O)c1. The fourth-order valence-electron chi connectivity index (χ4n) is 2.90. The van der Waals surface area contributed by atoms with Crippen LogP contribution in [0.4, 0.5) is 0 Å². The van der Waals surface area contributed by atoms with Crippen molar-refractivity contribution in [2.75, 3.05) is 0 Å². The molecule has 0 amide bonds. The van der Waals surface area contributed by atoms with Gasteiger partial charge in [0.15, 0.2) is 5.78 Å². The number of carbonyl (C=O) groups is 1. The third kappa shape index (κ3) is 3.25. The zero-order valence-electron chi connectivity index (χ0n) is 13.1. The van der Waals surface area contributed by atoms with Crippen molar-refractivity contribution in [3.8, 4) is 0 Å². The van der Waals surface area contributed by atoms with Crippen LogP contribution >= 0.6 is 0 Å². The Morgan fingerprint density at radius 3 is 1.64 bits per heavy atom. The lowest BCUT2D eigenvalue weighted by atomic mass is 10.0. The van der Waals surface area contributed by atoms with Crippen molar-refractivity contribution in [3.05, 3.63) is 81.9 Å². The van der Waals surface area contributed by atoms with Gasteiger partial charge in [-0.2, -0.15) is 0 Å². The van der Waals surface area contributed by atoms with Crippen molar-refractivity contribution in [2.45, 2.75) is 26.7 Å². The molecule has 1 nitrogen and oxygen atoms in total. The molecular formula is C21H20O. The Hall–Kier alpha value is -2.41. The highest BCUT2D eigenvalue weighted by Crippen LogP contribution is 2.29. The standard InChI is InChI=1S/C21H20O/c1-15-5-3-7-17(11-15)13-19-9-10-20(21(19)22)14-18-8-4-6-16(2)12-18/h3-8,11-14H,9-10H2,1-2H3/b19-13-,20-14+. The van der Waals surface area contributed by atoms with E-state index in [0.717, 1.165) is 35.1 Å². The number of allylic oxidation sites excluding steroid dienone is 2. The molecule has 0 spiro atoms. The molecule has 0 aliphatic heterocycles. The van der Waals surface area contributed by atoms with E-state index in [0.29, 0.717) is 0 Å². The minimum absolute atomic E-state index is 0.197. The summed E-state index contributed by atoms with van der Waals surface area (Å²) in [5.41, 5.74) is 6.50. The summed E-state index contributed by atoms with van der Waals surface area (Å²) in [6, 6.07) is 16.5. The monoisotopic (exact) mass is 288 g/mol. The van der Waals surface area contributed by atoms with Gasteiger partial charge in [-0.25, -0.2) is 0 Å². The van der Waals surface area contributed by atoms with Gasteiger partial charge in [-0.1, -0.05) is 59.7 Å². The lowest BCUT2D eigenvalue weighted by Gasteiger charge is -1.99. The molecule has 2 aromatic rings. The first kappa shape index (κ1) is 14.5. The maximum Gasteiger partial charge on any atom is 0.185 e. The summed E-state index contributed by atoms with van der Waals surface area (Å²) in [6.07, 6.45) is 5.74. The molecule has 110 valence electrons.